The van der Waals surface area contributed by atoms with E-state index in [4.69, 9.17) is 33.3 Å². The van der Waals surface area contributed by atoms with Gasteiger partial charge in [-0.1, -0.05) is 11.6 Å². The van der Waals surface area contributed by atoms with Gasteiger partial charge in [-0.05, 0) is 60.8 Å². The number of piperidine rings is 1. The van der Waals surface area contributed by atoms with Crippen LogP contribution in [-0.4, -0.2) is 72.2 Å². The number of hydrogen-bond acceptors (Lipinski definition) is 7. The Bertz CT molecular complexity index is 1110. The van der Waals surface area contributed by atoms with Crippen molar-refractivity contribution in [3.63, 3.8) is 0 Å². The lowest BCUT2D eigenvalue weighted by atomic mass is 9.77. The second kappa shape index (κ2) is 10.1. The lowest BCUT2D eigenvalue weighted by Gasteiger charge is -2.39. The summed E-state index contributed by atoms with van der Waals surface area (Å²) in [6.07, 6.45) is 2.82. The van der Waals surface area contributed by atoms with E-state index >= 15 is 0 Å². The van der Waals surface area contributed by atoms with Crippen LogP contribution in [0.2, 0.25) is 5.15 Å². The van der Waals surface area contributed by atoms with Crippen molar-refractivity contribution in [3.8, 4) is 5.88 Å². The summed E-state index contributed by atoms with van der Waals surface area (Å²) < 4.78 is 10.0. The molecule has 2 aliphatic rings. The van der Waals surface area contributed by atoms with E-state index in [1.807, 2.05) is 17.2 Å². The van der Waals surface area contributed by atoms with E-state index in [-0.39, 0.29) is 22.4 Å². The fraction of sp³-hybridized carbons (Fsp3) is 0.478. The molecule has 2 aromatic rings. The monoisotopic (exact) mass is 522 g/mol. The molecule has 4 rings (SSSR count). The van der Waals surface area contributed by atoms with Gasteiger partial charge in [-0.3, -0.25) is 4.79 Å². The molecule has 0 atom stereocenters. The van der Waals surface area contributed by atoms with Crippen LogP contribution in [0.25, 0.3) is 0 Å². The Morgan fingerprint density at radius 1 is 1.18 bits per heavy atom. The van der Waals surface area contributed by atoms with Crippen molar-refractivity contribution in [3.05, 3.63) is 38.7 Å². The van der Waals surface area contributed by atoms with Crippen LogP contribution in [0, 0.1) is 12.3 Å². The number of esters is 1. The van der Waals surface area contributed by atoms with Crippen molar-refractivity contribution in [1.82, 2.24) is 14.8 Å². The number of nitrogens with one attached hydrogen (secondary N) is 1. The Labute approximate surface area is 213 Å². The molecule has 0 aliphatic carbocycles. The van der Waals surface area contributed by atoms with Gasteiger partial charge in [0.2, 0.25) is 5.88 Å². The van der Waals surface area contributed by atoms with Gasteiger partial charge in [0.25, 0.3) is 5.91 Å². The molecular formula is C23H27ClN4O4S2. The molecule has 0 aromatic carbocycles. The van der Waals surface area contributed by atoms with E-state index in [1.165, 1.54) is 25.6 Å². The maximum Gasteiger partial charge on any atom is 0.350 e. The van der Waals surface area contributed by atoms with E-state index < -0.39 is 0 Å². The summed E-state index contributed by atoms with van der Waals surface area (Å²) in [6.45, 7) is 4.95. The number of aromatic nitrogens is 1. The van der Waals surface area contributed by atoms with E-state index in [1.54, 1.807) is 12.1 Å². The number of anilines is 1. The largest absolute Gasteiger partial charge is 0.481 e. The van der Waals surface area contributed by atoms with Crippen molar-refractivity contribution in [1.29, 1.82) is 0 Å². The number of methoxy groups -OCH3 is 2. The number of hydrogen-bond donors (Lipinski definition) is 1. The summed E-state index contributed by atoms with van der Waals surface area (Å²) in [5, 5.41) is 6.04. The first-order valence-corrected chi connectivity index (χ1v) is 12.6. The third-order valence-electron chi connectivity index (χ3n) is 6.64. The molecule has 11 heteroatoms. The Morgan fingerprint density at radius 3 is 2.50 bits per heavy atom. The number of rotatable bonds is 4. The van der Waals surface area contributed by atoms with Crippen molar-refractivity contribution < 1.29 is 19.1 Å². The van der Waals surface area contributed by atoms with Crippen LogP contribution < -0.4 is 10.1 Å². The number of nitrogens with zero attached hydrogens (tertiary/aromatic N) is 3. The smallest absolute Gasteiger partial charge is 0.350 e. The van der Waals surface area contributed by atoms with Gasteiger partial charge < -0.3 is 24.6 Å². The minimum absolute atomic E-state index is 0.0623. The molecule has 0 saturated carbocycles. The lowest BCUT2D eigenvalue weighted by molar-refractivity contribution is 0.0593. The average Bonchev–Trinajstić information content (AvgIpc) is 3.42. The Kier molecular flexibility index (Phi) is 7.30. The van der Waals surface area contributed by atoms with Crippen LogP contribution in [0.15, 0.2) is 17.5 Å². The molecule has 2 aromatic heterocycles. The number of carbonyl (C=O) groups is 2. The van der Waals surface area contributed by atoms with Crippen LogP contribution in [0.5, 0.6) is 5.88 Å². The number of thiophene rings is 1. The molecule has 2 saturated heterocycles. The van der Waals surface area contributed by atoms with Crippen molar-refractivity contribution >= 4 is 57.8 Å². The van der Waals surface area contributed by atoms with Crippen LogP contribution >= 0.6 is 35.2 Å². The molecule has 0 radical (unpaired) electrons. The molecule has 4 heterocycles. The second-order valence-electron chi connectivity index (χ2n) is 8.73. The number of likely N-dealkylation sites (tertiary alicyclic amines) is 2. The molecule has 1 N–H and O–H groups in total. The zero-order chi connectivity index (χ0) is 24.5. The summed E-state index contributed by atoms with van der Waals surface area (Å²) in [5.41, 5.74) is 2.28. The Hall–Kier alpha value is -2.43. The first kappa shape index (κ1) is 24.7. The number of aryl methyl sites for hydroxylation is 1. The van der Waals surface area contributed by atoms with Crippen molar-refractivity contribution in [2.45, 2.75) is 26.2 Å². The Morgan fingerprint density at radius 2 is 1.85 bits per heavy atom. The first-order chi connectivity index (χ1) is 16.2. The highest BCUT2D eigenvalue weighted by Crippen LogP contribution is 2.41. The minimum atomic E-state index is -0.369. The molecule has 182 valence electrons. The summed E-state index contributed by atoms with van der Waals surface area (Å²) in [6, 6.07) is 3.20. The van der Waals surface area contributed by atoms with Gasteiger partial charge in [0.15, 0.2) is 5.11 Å². The molecule has 8 nitrogen and oxygen atoms in total. The molecule has 2 fully saturated rings. The molecule has 0 unspecified atom stereocenters. The zero-order valence-corrected chi connectivity index (χ0v) is 21.7. The van der Waals surface area contributed by atoms with E-state index in [2.05, 4.69) is 15.2 Å². The quantitative estimate of drug-likeness (QED) is 0.363. The number of halogens is 1. The summed E-state index contributed by atoms with van der Waals surface area (Å²) in [7, 11) is 2.87. The first-order valence-electron chi connectivity index (χ1n) is 11.0. The maximum absolute atomic E-state index is 13.0. The molecule has 1 spiro atoms. The fourth-order valence-corrected chi connectivity index (χ4v) is 5.99. The molecular weight excluding hydrogens is 496 g/mol. The molecule has 0 bridgehead atoms. The summed E-state index contributed by atoms with van der Waals surface area (Å²) in [5.74, 6) is -0.104. The van der Waals surface area contributed by atoms with Gasteiger partial charge in [0.1, 0.15) is 10.0 Å². The summed E-state index contributed by atoms with van der Waals surface area (Å²) in [4.78, 5) is 33.7. The topological polar surface area (TPSA) is 84.0 Å². The molecule has 34 heavy (non-hydrogen) atoms. The maximum atomic E-state index is 13.0. The highest BCUT2D eigenvalue weighted by atomic mass is 35.5. The van der Waals surface area contributed by atoms with Gasteiger partial charge in [-0.2, -0.15) is 0 Å². The van der Waals surface area contributed by atoms with Crippen molar-refractivity contribution in [2.24, 2.45) is 5.41 Å². The van der Waals surface area contributed by atoms with E-state index in [9.17, 15) is 9.59 Å². The third kappa shape index (κ3) is 4.99. The van der Waals surface area contributed by atoms with Crippen LogP contribution in [0.1, 0.15) is 44.9 Å². The number of amides is 1. The second-order valence-corrected chi connectivity index (χ2v) is 10.4. The van der Waals surface area contributed by atoms with Crippen LogP contribution in [0.3, 0.4) is 0 Å². The highest BCUT2D eigenvalue weighted by molar-refractivity contribution is 7.80. The van der Waals surface area contributed by atoms with Gasteiger partial charge in [-0.25, -0.2) is 9.78 Å². The predicted octanol–water partition coefficient (Wildman–Crippen LogP) is 4.23. The van der Waals surface area contributed by atoms with Gasteiger partial charge in [-0.15, -0.1) is 11.3 Å². The number of ether oxygens (including phenoxy) is 2. The standard InChI is InChI=1S/C23H27ClN4O4S2/c1-14-12-34-19(21(30)32-3)18(14)26-22(33)28-9-6-23(13-28)4-7-27(8-5-23)20(29)15-10-16(24)25-17(11-15)31-2/h10-12H,4-9,13H2,1-3H3,(H,26,33). The normalized spacial score (nSPS) is 17.1. The average molecular weight is 523 g/mol. The fourth-order valence-electron chi connectivity index (χ4n) is 4.61. The van der Waals surface area contributed by atoms with Crippen LogP contribution in [0.4, 0.5) is 5.69 Å². The number of carbonyl (C=O) groups excluding carboxylic acids is 2. The molecule has 1 amide bonds. The van der Waals surface area contributed by atoms with Crippen molar-refractivity contribution in [2.75, 3.05) is 45.7 Å². The summed E-state index contributed by atoms with van der Waals surface area (Å²) >= 11 is 13.1. The van der Waals surface area contributed by atoms with Crippen LogP contribution in [-0.2, 0) is 4.74 Å². The SMILES string of the molecule is COC(=O)c1scc(C)c1NC(=S)N1CCC2(CCN(C(=O)c3cc(Cl)nc(OC)c3)CC2)C1. The lowest BCUT2D eigenvalue weighted by Crippen LogP contribution is -2.45. The Balaban J connectivity index is 1.37. The number of pyridine rings is 1. The van der Waals surface area contributed by atoms with Gasteiger partial charge in [0, 0.05) is 37.8 Å². The molecule has 2 aliphatic heterocycles. The van der Waals surface area contributed by atoms with E-state index in [0.717, 1.165) is 43.6 Å². The zero-order valence-electron chi connectivity index (χ0n) is 19.4. The minimum Gasteiger partial charge on any atom is -0.481 e. The van der Waals surface area contributed by atoms with Gasteiger partial charge in [0.05, 0.1) is 19.9 Å². The highest BCUT2D eigenvalue weighted by Gasteiger charge is 2.42. The van der Waals surface area contributed by atoms with Gasteiger partial charge >= 0.3 is 5.97 Å². The number of thiocarbonyl (C=S) groups is 1. The predicted molar refractivity (Wildman–Crippen MR) is 136 cm³/mol. The third-order valence-corrected chi connectivity index (χ3v) is 8.27. The van der Waals surface area contributed by atoms with E-state index in [0.29, 0.717) is 34.5 Å².